The van der Waals surface area contributed by atoms with Gasteiger partial charge in [-0.1, -0.05) is 30.3 Å². The van der Waals surface area contributed by atoms with Gasteiger partial charge in [-0.05, 0) is 80.0 Å². The largest absolute Gasteiger partial charge is 0.466 e. The summed E-state index contributed by atoms with van der Waals surface area (Å²) in [5.74, 6) is -0.327. The molecule has 0 aliphatic rings. The molecule has 0 fully saturated rings. The molecule has 2 rings (SSSR count). The van der Waals surface area contributed by atoms with Crippen LogP contribution in [0.5, 0.6) is 5.75 Å². The van der Waals surface area contributed by atoms with E-state index in [2.05, 4.69) is 49.8 Å². The Morgan fingerprint density at radius 1 is 0.857 bits per heavy atom. The van der Waals surface area contributed by atoms with Gasteiger partial charge in [-0.3, -0.25) is 4.79 Å². The molecule has 0 saturated heterocycles. The Bertz CT molecular complexity index is 876. The zero-order valence-corrected chi connectivity index (χ0v) is 17.5. The van der Waals surface area contributed by atoms with Crippen LogP contribution in [-0.4, -0.2) is 19.0 Å². The molecule has 0 atom stereocenters. The molecule has 28 heavy (non-hydrogen) atoms. The van der Waals surface area contributed by atoms with E-state index in [1.165, 1.54) is 47.1 Å². The Morgan fingerprint density at radius 3 is 1.86 bits per heavy atom. The summed E-state index contributed by atoms with van der Waals surface area (Å²) in [7, 11) is 1.29. The molecular weight excluding hydrogens is 352 g/mol. The fourth-order valence-corrected chi connectivity index (χ4v) is 3.24. The molecule has 148 valence electrons. The number of rotatable bonds is 6. The van der Waals surface area contributed by atoms with Crippen LogP contribution in [-0.2, 0) is 20.7 Å². The van der Waals surface area contributed by atoms with Crippen molar-refractivity contribution < 1.29 is 19.1 Å². The van der Waals surface area contributed by atoms with Gasteiger partial charge in [-0.2, -0.15) is 0 Å². The van der Waals surface area contributed by atoms with Gasteiger partial charge in [0.1, 0.15) is 5.75 Å². The number of benzene rings is 2. The van der Waals surface area contributed by atoms with Crippen molar-refractivity contribution in [2.75, 3.05) is 7.11 Å². The van der Waals surface area contributed by atoms with Crippen molar-refractivity contribution in [2.24, 2.45) is 0 Å². The van der Waals surface area contributed by atoms with Gasteiger partial charge in [0.05, 0.1) is 13.5 Å². The maximum absolute atomic E-state index is 12.0. The van der Waals surface area contributed by atoms with E-state index in [4.69, 9.17) is 4.74 Å². The van der Waals surface area contributed by atoms with Gasteiger partial charge in [0.15, 0.2) is 0 Å². The van der Waals surface area contributed by atoms with Gasteiger partial charge < -0.3 is 9.47 Å². The number of carbonyl (C=O) groups excluding carboxylic acids is 2. The van der Waals surface area contributed by atoms with E-state index in [1.807, 2.05) is 13.8 Å². The average molecular weight is 380 g/mol. The normalized spacial score (nSPS) is 10.9. The third-order valence-electron chi connectivity index (χ3n) is 4.87. The van der Waals surface area contributed by atoms with Crippen molar-refractivity contribution in [3.8, 4) is 5.75 Å². The van der Waals surface area contributed by atoms with Gasteiger partial charge in [0, 0.05) is 6.08 Å². The molecule has 0 aromatic heterocycles. The first kappa shape index (κ1) is 21.4. The van der Waals surface area contributed by atoms with Crippen LogP contribution < -0.4 is 4.74 Å². The quantitative estimate of drug-likeness (QED) is 0.409. The SMILES string of the molecule is COC(=O)/C=C/CC(=O)Oc1c(C)cc(Cc2cc(C)c(C)c(C)c2)cc1C. The van der Waals surface area contributed by atoms with E-state index in [0.717, 1.165) is 17.5 Å². The molecular formula is C24H28O4. The van der Waals surface area contributed by atoms with E-state index >= 15 is 0 Å². The Hall–Kier alpha value is -2.88. The van der Waals surface area contributed by atoms with Gasteiger partial charge >= 0.3 is 11.9 Å². The standard InChI is InChI=1S/C24H28O4/c1-15-10-20(11-16(2)19(15)5)14-21-12-17(3)24(18(4)13-21)28-23(26)9-7-8-22(25)27-6/h7-8,10-13H,9,14H2,1-6H3/b8-7+. The molecule has 0 spiro atoms. The minimum absolute atomic E-state index is 0.0116. The molecule has 0 aliphatic heterocycles. The van der Waals surface area contributed by atoms with Crippen molar-refractivity contribution in [1.82, 2.24) is 0 Å². The van der Waals surface area contributed by atoms with Crippen molar-refractivity contribution in [2.45, 2.75) is 47.5 Å². The topological polar surface area (TPSA) is 52.6 Å². The summed E-state index contributed by atoms with van der Waals surface area (Å²) in [5.41, 5.74) is 8.23. The predicted octanol–water partition coefficient (Wildman–Crippen LogP) is 4.84. The monoisotopic (exact) mass is 380 g/mol. The molecule has 0 radical (unpaired) electrons. The molecule has 0 aliphatic carbocycles. The maximum Gasteiger partial charge on any atom is 0.330 e. The Morgan fingerprint density at radius 2 is 1.36 bits per heavy atom. The predicted molar refractivity (Wildman–Crippen MR) is 111 cm³/mol. The number of esters is 2. The van der Waals surface area contributed by atoms with E-state index in [9.17, 15) is 9.59 Å². The van der Waals surface area contributed by atoms with Crippen LogP contribution in [0.2, 0.25) is 0 Å². The van der Waals surface area contributed by atoms with E-state index in [1.54, 1.807) is 0 Å². The van der Waals surface area contributed by atoms with Gasteiger partial charge in [-0.15, -0.1) is 0 Å². The lowest BCUT2D eigenvalue weighted by atomic mass is 9.95. The number of hydrogen-bond donors (Lipinski definition) is 0. The second-order valence-corrected chi connectivity index (χ2v) is 7.19. The highest BCUT2D eigenvalue weighted by molar-refractivity contribution is 5.83. The van der Waals surface area contributed by atoms with Crippen LogP contribution in [0.4, 0.5) is 0 Å². The minimum Gasteiger partial charge on any atom is -0.466 e. The number of carbonyl (C=O) groups is 2. The molecule has 2 aromatic carbocycles. The van der Waals surface area contributed by atoms with E-state index in [-0.39, 0.29) is 6.42 Å². The lowest BCUT2D eigenvalue weighted by Crippen LogP contribution is -2.09. The number of aryl methyl sites for hydroxylation is 4. The number of methoxy groups -OCH3 is 1. The fraction of sp³-hybridized carbons (Fsp3) is 0.333. The molecule has 0 amide bonds. The third-order valence-corrected chi connectivity index (χ3v) is 4.87. The summed E-state index contributed by atoms with van der Waals surface area (Å²) in [6.07, 6.45) is 3.50. The molecule has 0 saturated carbocycles. The highest BCUT2D eigenvalue weighted by Crippen LogP contribution is 2.27. The summed E-state index contributed by atoms with van der Waals surface area (Å²) < 4.78 is 10.0. The van der Waals surface area contributed by atoms with Crippen molar-refractivity contribution in [1.29, 1.82) is 0 Å². The van der Waals surface area contributed by atoms with Crippen LogP contribution in [0.1, 0.15) is 45.4 Å². The van der Waals surface area contributed by atoms with Crippen LogP contribution >= 0.6 is 0 Å². The Balaban J connectivity index is 2.13. The van der Waals surface area contributed by atoms with E-state index < -0.39 is 11.9 Å². The first-order valence-corrected chi connectivity index (χ1v) is 9.33. The number of hydrogen-bond acceptors (Lipinski definition) is 4. The number of ether oxygens (including phenoxy) is 2. The summed E-state index contributed by atoms with van der Waals surface area (Å²) in [6.45, 7) is 10.3. The van der Waals surface area contributed by atoms with E-state index in [0.29, 0.717) is 5.75 Å². The Kier molecular flexibility index (Phi) is 7.16. The minimum atomic E-state index is -0.494. The molecule has 4 nitrogen and oxygen atoms in total. The second kappa shape index (κ2) is 9.36. The molecule has 4 heteroatoms. The highest BCUT2D eigenvalue weighted by atomic mass is 16.5. The summed E-state index contributed by atoms with van der Waals surface area (Å²) >= 11 is 0. The van der Waals surface area contributed by atoms with Crippen LogP contribution in [0.3, 0.4) is 0 Å². The average Bonchev–Trinajstić information content (AvgIpc) is 2.62. The van der Waals surface area contributed by atoms with Gasteiger partial charge in [0.2, 0.25) is 0 Å². The van der Waals surface area contributed by atoms with Crippen LogP contribution in [0.25, 0.3) is 0 Å². The van der Waals surface area contributed by atoms with Gasteiger partial charge in [-0.25, -0.2) is 4.79 Å². The molecule has 0 bridgehead atoms. The third kappa shape index (κ3) is 5.56. The first-order valence-electron chi connectivity index (χ1n) is 9.33. The fourth-order valence-electron chi connectivity index (χ4n) is 3.24. The smallest absolute Gasteiger partial charge is 0.330 e. The maximum atomic E-state index is 12.0. The lowest BCUT2D eigenvalue weighted by molar-refractivity contribution is -0.134. The second-order valence-electron chi connectivity index (χ2n) is 7.19. The molecule has 0 unspecified atom stereocenters. The first-order chi connectivity index (χ1) is 13.2. The highest BCUT2D eigenvalue weighted by Gasteiger charge is 2.12. The summed E-state index contributed by atoms with van der Waals surface area (Å²) in [6, 6.07) is 8.58. The molecule has 0 N–H and O–H groups in total. The molecule has 0 heterocycles. The zero-order chi connectivity index (χ0) is 20.8. The lowest BCUT2D eigenvalue weighted by Gasteiger charge is -2.14. The van der Waals surface area contributed by atoms with Crippen molar-refractivity contribution in [3.63, 3.8) is 0 Å². The Labute approximate surface area is 167 Å². The summed E-state index contributed by atoms with van der Waals surface area (Å²) in [4.78, 5) is 23.1. The van der Waals surface area contributed by atoms with Crippen molar-refractivity contribution >= 4 is 11.9 Å². The molecule has 2 aromatic rings. The van der Waals surface area contributed by atoms with Crippen LogP contribution in [0.15, 0.2) is 36.4 Å². The van der Waals surface area contributed by atoms with Crippen LogP contribution in [0, 0.1) is 34.6 Å². The van der Waals surface area contributed by atoms with Gasteiger partial charge in [0.25, 0.3) is 0 Å². The summed E-state index contributed by atoms with van der Waals surface area (Å²) in [5, 5.41) is 0. The zero-order valence-electron chi connectivity index (χ0n) is 17.5. The van der Waals surface area contributed by atoms with Crippen molar-refractivity contribution in [3.05, 3.63) is 75.4 Å².